The molecule has 1 aromatic rings. The molecule has 0 saturated carbocycles. The Balaban J connectivity index is 1.92. The van der Waals surface area contributed by atoms with Crippen molar-refractivity contribution in [2.75, 3.05) is 18.9 Å². The zero-order chi connectivity index (χ0) is 16.2. The fourth-order valence-corrected chi connectivity index (χ4v) is 3.37. The Kier molecular flexibility index (Phi) is 5.52. The number of amides is 1. The van der Waals surface area contributed by atoms with Crippen LogP contribution in [0.2, 0.25) is 0 Å². The predicted octanol–water partition coefficient (Wildman–Crippen LogP) is 1.87. The maximum absolute atomic E-state index is 12.7. The van der Waals surface area contributed by atoms with Gasteiger partial charge in [-0.1, -0.05) is 24.3 Å². The first-order valence-electron chi connectivity index (χ1n) is 7.23. The largest absolute Gasteiger partial charge is 0.377 e. The molecule has 22 heavy (non-hydrogen) atoms. The average Bonchev–Trinajstić information content (AvgIpc) is 2.75. The van der Waals surface area contributed by atoms with E-state index in [-0.39, 0.29) is 18.9 Å². The zero-order valence-electron chi connectivity index (χ0n) is 12.5. The third-order valence-corrected chi connectivity index (χ3v) is 4.47. The fourth-order valence-electron chi connectivity index (χ4n) is 2.58. The van der Waals surface area contributed by atoms with Crippen molar-refractivity contribution >= 4 is 16.1 Å². The van der Waals surface area contributed by atoms with Crippen molar-refractivity contribution in [3.05, 3.63) is 35.4 Å². The third kappa shape index (κ3) is 5.06. The smallest absolute Gasteiger partial charge is 0.302 e. The number of hydrogen-bond acceptors (Lipinski definition) is 4. The number of halogens is 1. The third-order valence-electron chi connectivity index (χ3n) is 3.60. The van der Waals surface area contributed by atoms with Crippen molar-refractivity contribution in [2.24, 2.45) is 5.92 Å². The quantitative estimate of drug-likeness (QED) is 0.717. The van der Waals surface area contributed by atoms with Crippen molar-refractivity contribution in [3.8, 4) is 0 Å². The predicted molar refractivity (Wildman–Crippen MR) is 80.2 cm³/mol. The summed E-state index contributed by atoms with van der Waals surface area (Å²) in [7, 11) is -4.53. The summed E-state index contributed by atoms with van der Waals surface area (Å²) in [5, 5.41) is 0. The standard InChI is InChI=1S/C15H20FNO4S/c1-2-21-10-13-5-3-12(4-6-13)8-17-9-14(7-15(17)18)11-22(16,19)20/h3-6,14H,2,7-11H2,1H3. The summed E-state index contributed by atoms with van der Waals surface area (Å²) in [5.74, 6) is -1.17. The van der Waals surface area contributed by atoms with Gasteiger partial charge in [0.15, 0.2) is 0 Å². The molecule has 1 amide bonds. The number of carbonyl (C=O) groups excluding carboxylic acids is 1. The van der Waals surface area contributed by atoms with E-state index < -0.39 is 21.9 Å². The van der Waals surface area contributed by atoms with Crippen LogP contribution < -0.4 is 0 Å². The van der Waals surface area contributed by atoms with E-state index in [4.69, 9.17) is 4.74 Å². The monoisotopic (exact) mass is 329 g/mol. The first-order valence-corrected chi connectivity index (χ1v) is 8.78. The lowest BCUT2D eigenvalue weighted by atomic mass is 10.1. The lowest BCUT2D eigenvalue weighted by molar-refractivity contribution is -0.128. The number of ether oxygens (including phenoxy) is 1. The van der Waals surface area contributed by atoms with E-state index in [1.807, 2.05) is 31.2 Å². The Hall–Kier alpha value is -1.47. The highest BCUT2D eigenvalue weighted by molar-refractivity contribution is 7.86. The molecule has 1 aliphatic heterocycles. The fraction of sp³-hybridized carbons (Fsp3) is 0.533. The van der Waals surface area contributed by atoms with Crippen molar-refractivity contribution in [3.63, 3.8) is 0 Å². The molecule has 1 aliphatic rings. The van der Waals surface area contributed by atoms with Crippen LogP contribution in [-0.2, 0) is 32.9 Å². The van der Waals surface area contributed by atoms with E-state index in [1.54, 1.807) is 4.90 Å². The normalized spacial score (nSPS) is 18.9. The molecule has 0 aliphatic carbocycles. The minimum absolute atomic E-state index is 0.0889. The van der Waals surface area contributed by atoms with Gasteiger partial charge in [0, 0.05) is 32.0 Å². The Bertz CT molecular complexity index is 615. The molecule has 1 heterocycles. The number of likely N-dealkylation sites (tertiary alicyclic amines) is 1. The summed E-state index contributed by atoms with van der Waals surface area (Å²) in [4.78, 5) is 13.4. The van der Waals surface area contributed by atoms with E-state index in [2.05, 4.69) is 0 Å². The number of carbonyl (C=O) groups is 1. The molecular formula is C15H20FNO4S. The van der Waals surface area contributed by atoms with Crippen LogP contribution in [0.4, 0.5) is 3.89 Å². The number of benzene rings is 1. The van der Waals surface area contributed by atoms with Crippen LogP contribution >= 0.6 is 0 Å². The Morgan fingerprint density at radius 1 is 1.27 bits per heavy atom. The number of hydrogen-bond donors (Lipinski definition) is 0. The lowest BCUT2D eigenvalue weighted by Gasteiger charge is -2.16. The summed E-state index contributed by atoms with van der Waals surface area (Å²) in [6, 6.07) is 7.71. The molecule has 0 bridgehead atoms. The first-order chi connectivity index (χ1) is 10.4. The van der Waals surface area contributed by atoms with Crippen LogP contribution in [0, 0.1) is 5.92 Å². The molecule has 0 radical (unpaired) electrons. The molecular weight excluding hydrogens is 309 g/mol. The van der Waals surface area contributed by atoms with Gasteiger partial charge in [-0.2, -0.15) is 8.42 Å². The molecule has 1 fully saturated rings. The Morgan fingerprint density at radius 3 is 2.50 bits per heavy atom. The molecule has 1 unspecified atom stereocenters. The number of nitrogens with zero attached hydrogens (tertiary/aromatic N) is 1. The van der Waals surface area contributed by atoms with E-state index in [0.717, 1.165) is 11.1 Å². The van der Waals surface area contributed by atoms with E-state index in [0.29, 0.717) is 19.8 Å². The van der Waals surface area contributed by atoms with Gasteiger partial charge in [-0.15, -0.1) is 3.89 Å². The molecule has 1 aromatic carbocycles. The Morgan fingerprint density at radius 2 is 1.91 bits per heavy atom. The molecule has 122 valence electrons. The molecule has 0 aromatic heterocycles. The van der Waals surface area contributed by atoms with E-state index >= 15 is 0 Å². The van der Waals surface area contributed by atoms with Gasteiger partial charge in [-0.3, -0.25) is 4.79 Å². The van der Waals surface area contributed by atoms with Gasteiger partial charge in [0.2, 0.25) is 5.91 Å². The summed E-state index contributed by atoms with van der Waals surface area (Å²) in [5.41, 5.74) is 2.01. The van der Waals surface area contributed by atoms with Gasteiger partial charge in [-0.25, -0.2) is 0 Å². The maximum Gasteiger partial charge on any atom is 0.302 e. The van der Waals surface area contributed by atoms with E-state index in [1.165, 1.54) is 0 Å². The summed E-state index contributed by atoms with van der Waals surface area (Å²) >= 11 is 0. The SMILES string of the molecule is CCOCc1ccc(CN2CC(CS(=O)(=O)F)CC2=O)cc1. The van der Waals surface area contributed by atoms with Crippen LogP contribution in [0.15, 0.2) is 24.3 Å². The second-order valence-corrected chi connectivity index (χ2v) is 6.91. The van der Waals surface area contributed by atoms with Crippen molar-refractivity contribution < 1.29 is 21.8 Å². The van der Waals surface area contributed by atoms with Crippen molar-refractivity contribution in [2.45, 2.75) is 26.5 Å². The van der Waals surface area contributed by atoms with Crippen molar-refractivity contribution in [1.29, 1.82) is 0 Å². The Labute approximate surface area is 130 Å². The van der Waals surface area contributed by atoms with Gasteiger partial charge in [0.05, 0.1) is 12.4 Å². The highest BCUT2D eigenvalue weighted by atomic mass is 32.3. The average molecular weight is 329 g/mol. The highest BCUT2D eigenvalue weighted by Crippen LogP contribution is 2.22. The molecule has 1 saturated heterocycles. The first kappa shape index (κ1) is 16.9. The molecule has 2 rings (SSSR count). The van der Waals surface area contributed by atoms with Gasteiger partial charge in [-0.05, 0) is 18.1 Å². The molecule has 1 atom stereocenters. The van der Waals surface area contributed by atoms with Crippen molar-refractivity contribution in [1.82, 2.24) is 4.90 Å². The van der Waals surface area contributed by atoms with Crippen LogP contribution in [0.25, 0.3) is 0 Å². The van der Waals surface area contributed by atoms with Crippen LogP contribution in [0.5, 0.6) is 0 Å². The van der Waals surface area contributed by atoms with Crippen LogP contribution in [0.3, 0.4) is 0 Å². The summed E-state index contributed by atoms with van der Waals surface area (Å²) in [6.07, 6.45) is 0.0889. The molecule has 0 spiro atoms. The van der Waals surface area contributed by atoms with Gasteiger partial charge < -0.3 is 9.64 Å². The molecule has 7 heteroatoms. The highest BCUT2D eigenvalue weighted by Gasteiger charge is 2.32. The van der Waals surface area contributed by atoms with Gasteiger partial charge >= 0.3 is 10.2 Å². The molecule has 5 nitrogen and oxygen atoms in total. The zero-order valence-corrected chi connectivity index (χ0v) is 13.3. The topological polar surface area (TPSA) is 63.7 Å². The van der Waals surface area contributed by atoms with Crippen LogP contribution in [-0.4, -0.2) is 38.1 Å². The maximum atomic E-state index is 12.7. The minimum Gasteiger partial charge on any atom is -0.377 e. The second kappa shape index (κ2) is 7.19. The van der Waals surface area contributed by atoms with Gasteiger partial charge in [0.25, 0.3) is 0 Å². The molecule has 0 N–H and O–H groups in total. The second-order valence-electron chi connectivity index (χ2n) is 5.50. The lowest BCUT2D eigenvalue weighted by Crippen LogP contribution is -2.25. The van der Waals surface area contributed by atoms with Crippen LogP contribution in [0.1, 0.15) is 24.5 Å². The summed E-state index contributed by atoms with van der Waals surface area (Å²) < 4.78 is 39.4. The van der Waals surface area contributed by atoms with E-state index in [9.17, 15) is 17.1 Å². The number of rotatable bonds is 7. The van der Waals surface area contributed by atoms with Gasteiger partial charge in [0.1, 0.15) is 0 Å². The minimum atomic E-state index is -4.53. The summed E-state index contributed by atoms with van der Waals surface area (Å²) in [6.45, 7) is 3.83.